The van der Waals surface area contributed by atoms with Crippen LogP contribution in [0, 0.1) is 17.3 Å². The average molecular weight is 649 g/mol. The quantitative estimate of drug-likeness (QED) is 0.334. The normalized spacial score (nSPS) is 36.4. The van der Waals surface area contributed by atoms with Crippen LogP contribution in [0.5, 0.6) is 0 Å². The van der Waals surface area contributed by atoms with Crippen molar-refractivity contribution in [3.63, 3.8) is 0 Å². The molecule has 1 aromatic rings. The summed E-state index contributed by atoms with van der Waals surface area (Å²) in [5, 5.41) is 11.8. The van der Waals surface area contributed by atoms with Crippen molar-refractivity contribution < 1.29 is 38.4 Å². The fourth-order valence-corrected chi connectivity index (χ4v) is 8.82. The van der Waals surface area contributed by atoms with Crippen molar-refractivity contribution in [2.45, 2.75) is 108 Å². The number of likely N-dealkylation sites (tertiary alicyclic amines) is 1. The summed E-state index contributed by atoms with van der Waals surface area (Å²) in [6, 6.07) is 6.98. The molecular formula is C37H48N2O8. The smallest absolute Gasteiger partial charge is 0.338 e. The highest BCUT2D eigenvalue weighted by atomic mass is 16.7. The minimum absolute atomic E-state index is 0.0474. The SMILES string of the molecule is CC1(C)CC2C(=Cc3ccc(C(=O)OC4CC(C(=O)N5CCCC5C(=O)NCCO)=CC5OCOC54)cc3)CCC3OC3(C)CCC21. The van der Waals surface area contributed by atoms with Crippen molar-refractivity contribution in [1.29, 1.82) is 0 Å². The lowest BCUT2D eigenvalue weighted by Crippen LogP contribution is -2.49. The molecule has 7 rings (SSSR count). The van der Waals surface area contributed by atoms with Crippen LogP contribution in [-0.4, -0.2) is 90.3 Å². The first-order valence-corrected chi connectivity index (χ1v) is 17.4. The molecule has 0 radical (unpaired) electrons. The highest BCUT2D eigenvalue weighted by molar-refractivity contribution is 5.98. The molecule has 8 unspecified atom stereocenters. The third-order valence-corrected chi connectivity index (χ3v) is 11.7. The van der Waals surface area contributed by atoms with E-state index >= 15 is 0 Å². The summed E-state index contributed by atoms with van der Waals surface area (Å²) in [5.41, 5.74) is 3.85. The molecule has 254 valence electrons. The van der Waals surface area contributed by atoms with E-state index in [1.807, 2.05) is 12.1 Å². The Bertz CT molecular complexity index is 1450. The van der Waals surface area contributed by atoms with Gasteiger partial charge in [0.15, 0.2) is 0 Å². The molecule has 3 aliphatic carbocycles. The fraction of sp³-hybridized carbons (Fsp3) is 0.649. The Kier molecular flexibility index (Phi) is 8.83. The van der Waals surface area contributed by atoms with Crippen LogP contribution in [0.2, 0.25) is 0 Å². The summed E-state index contributed by atoms with van der Waals surface area (Å²) < 4.78 is 23.6. The number of amides is 2. The number of nitrogens with one attached hydrogen (secondary N) is 1. The number of rotatable bonds is 7. The highest BCUT2D eigenvalue weighted by Crippen LogP contribution is 2.59. The van der Waals surface area contributed by atoms with Crippen molar-refractivity contribution in [3.05, 3.63) is 52.6 Å². The third kappa shape index (κ3) is 6.42. The van der Waals surface area contributed by atoms with Gasteiger partial charge in [-0.25, -0.2) is 4.79 Å². The number of hydrogen-bond acceptors (Lipinski definition) is 8. The minimum atomic E-state index is -0.710. The van der Waals surface area contributed by atoms with Gasteiger partial charge in [0, 0.05) is 25.1 Å². The molecule has 0 bridgehead atoms. The Labute approximate surface area is 276 Å². The first-order chi connectivity index (χ1) is 22.6. The molecule has 0 spiro atoms. The molecule has 10 heteroatoms. The predicted molar refractivity (Wildman–Crippen MR) is 173 cm³/mol. The van der Waals surface area contributed by atoms with Crippen LogP contribution < -0.4 is 5.32 Å². The zero-order valence-corrected chi connectivity index (χ0v) is 27.7. The molecule has 3 saturated heterocycles. The number of carbonyl (C=O) groups excluding carboxylic acids is 3. The van der Waals surface area contributed by atoms with Gasteiger partial charge in [-0.3, -0.25) is 9.59 Å². The number of ether oxygens (including phenoxy) is 4. The van der Waals surface area contributed by atoms with E-state index in [0.717, 1.165) is 24.8 Å². The molecule has 3 aliphatic heterocycles. The van der Waals surface area contributed by atoms with E-state index in [0.29, 0.717) is 53.9 Å². The molecule has 47 heavy (non-hydrogen) atoms. The summed E-state index contributed by atoms with van der Waals surface area (Å²) in [6.45, 7) is 7.54. The first-order valence-electron chi connectivity index (χ1n) is 17.4. The number of epoxide rings is 1. The van der Waals surface area contributed by atoms with Crippen LogP contribution in [0.1, 0.15) is 88.1 Å². The number of aliphatic hydroxyl groups excluding tert-OH is 1. The van der Waals surface area contributed by atoms with Crippen LogP contribution in [0.15, 0.2) is 41.5 Å². The number of esters is 1. The van der Waals surface area contributed by atoms with Crippen LogP contribution >= 0.6 is 0 Å². The second-order valence-electron chi connectivity index (χ2n) is 15.1. The maximum Gasteiger partial charge on any atom is 0.338 e. The summed E-state index contributed by atoms with van der Waals surface area (Å²) >= 11 is 0. The average Bonchev–Trinajstić information content (AvgIpc) is 3.41. The molecule has 3 heterocycles. The number of carbonyl (C=O) groups is 3. The monoisotopic (exact) mass is 648 g/mol. The van der Waals surface area contributed by atoms with Gasteiger partial charge in [-0.05, 0) is 92.9 Å². The number of benzene rings is 1. The van der Waals surface area contributed by atoms with Crippen molar-refractivity contribution in [2.75, 3.05) is 26.5 Å². The summed E-state index contributed by atoms with van der Waals surface area (Å²) in [7, 11) is 0. The lowest BCUT2D eigenvalue weighted by Gasteiger charge is -2.53. The molecule has 2 N–H and O–H groups in total. The molecular weight excluding hydrogens is 600 g/mol. The van der Waals surface area contributed by atoms with E-state index < -0.39 is 30.3 Å². The number of fused-ring (bicyclic) bond motifs is 3. The van der Waals surface area contributed by atoms with Crippen molar-refractivity contribution in [2.24, 2.45) is 17.3 Å². The summed E-state index contributed by atoms with van der Waals surface area (Å²) in [5.74, 6) is 0.240. The van der Waals surface area contributed by atoms with Crippen LogP contribution in [0.3, 0.4) is 0 Å². The molecule has 5 fully saturated rings. The third-order valence-electron chi connectivity index (χ3n) is 11.7. The Morgan fingerprint density at radius 1 is 1.11 bits per heavy atom. The molecule has 0 aromatic heterocycles. The van der Waals surface area contributed by atoms with E-state index in [1.54, 1.807) is 23.1 Å². The van der Waals surface area contributed by atoms with Gasteiger partial charge in [-0.2, -0.15) is 0 Å². The van der Waals surface area contributed by atoms with Gasteiger partial charge in [-0.15, -0.1) is 0 Å². The number of allylic oxidation sites excluding steroid dienone is 1. The van der Waals surface area contributed by atoms with Crippen LogP contribution in [-0.2, 0) is 28.5 Å². The summed E-state index contributed by atoms with van der Waals surface area (Å²) in [4.78, 5) is 41.3. The molecule has 1 aromatic carbocycles. The van der Waals surface area contributed by atoms with Crippen molar-refractivity contribution in [1.82, 2.24) is 10.2 Å². The van der Waals surface area contributed by atoms with Gasteiger partial charge in [0.2, 0.25) is 11.8 Å². The van der Waals surface area contributed by atoms with Gasteiger partial charge in [0.05, 0.1) is 23.9 Å². The fourth-order valence-electron chi connectivity index (χ4n) is 8.82. The standard InChI is InChI=1S/C37H48N2O8/c1-36(2)20-26-24(10-11-31-37(3,47-31)13-12-27(26)36)17-22-6-8-23(9-7-22)35(43)46-30-19-25(18-29-32(30)45-21-44-29)34(42)39-15-4-5-28(39)33(41)38-14-16-40/h6-9,17-18,26-32,40H,4-5,10-16,19-21H2,1-3H3,(H,38,41). The van der Waals surface area contributed by atoms with Crippen molar-refractivity contribution in [3.8, 4) is 0 Å². The number of aliphatic hydroxyl groups is 1. The molecule has 2 saturated carbocycles. The molecule has 2 amide bonds. The topological polar surface area (TPSA) is 127 Å². The predicted octanol–water partition coefficient (Wildman–Crippen LogP) is 4.16. The van der Waals surface area contributed by atoms with Gasteiger partial charge >= 0.3 is 5.97 Å². The zero-order valence-electron chi connectivity index (χ0n) is 27.7. The van der Waals surface area contributed by atoms with E-state index in [4.69, 9.17) is 24.1 Å². The largest absolute Gasteiger partial charge is 0.456 e. The Balaban J connectivity index is 1.02. The molecule has 8 atom stereocenters. The lowest BCUT2D eigenvalue weighted by molar-refractivity contribution is -0.136. The maximum atomic E-state index is 13.6. The number of nitrogens with zero attached hydrogens (tertiary/aromatic N) is 1. The van der Waals surface area contributed by atoms with Crippen LogP contribution in [0.25, 0.3) is 6.08 Å². The van der Waals surface area contributed by atoms with Crippen molar-refractivity contribution >= 4 is 23.9 Å². The van der Waals surface area contributed by atoms with Gasteiger partial charge < -0.3 is 34.3 Å². The van der Waals surface area contributed by atoms with E-state index in [-0.39, 0.29) is 43.8 Å². The zero-order chi connectivity index (χ0) is 32.9. The Morgan fingerprint density at radius 3 is 2.68 bits per heavy atom. The second-order valence-corrected chi connectivity index (χ2v) is 15.1. The molecule has 10 nitrogen and oxygen atoms in total. The Hall–Kier alpha value is -3.05. The maximum absolute atomic E-state index is 13.6. The lowest BCUT2D eigenvalue weighted by atomic mass is 9.52. The van der Waals surface area contributed by atoms with E-state index in [1.165, 1.54) is 18.4 Å². The number of hydrogen-bond donors (Lipinski definition) is 2. The summed E-state index contributed by atoms with van der Waals surface area (Å²) in [6.07, 6.45) is 9.75. The van der Waals surface area contributed by atoms with E-state index in [2.05, 4.69) is 32.2 Å². The van der Waals surface area contributed by atoms with E-state index in [9.17, 15) is 14.4 Å². The van der Waals surface area contributed by atoms with Gasteiger partial charge in [0.1, 0.15) is 31.1 Å². The van der Waals surface area contributed by atoms with Gasteiger partial charge in [-0.1, -0.05) is 37.6 Å². The highest BCUT2D eigenvalue weighted by Gasteiger charge is 2.56. The molecule has 6 aliphatic rings. The van der Waals surface area contributed by atoms with Gasteiger partial charge in [0.25, 0.3) is 0 Å². The Morgan fingerprint density at radius 2 is 1.91 bits per heavy atom. The minimum Gasteiger partial charge on any atom is -0.456 e. The second kappa shape index (κ2) is 12.8. The van der Waals surface area contributed by atoms with Crippen LogP contribution in [0.4, 0.5) is 0 Å². The first kappa shape index (κ1) is 32.5.